The predicted octanol–water partition coefficient (Wildman–Crippen LogP) is 11.6. The van der Waals surface area contributed by atoms with Crippen molar-refractivity contribution in [3.05, 3.63) is 24.3 Å². The zero-order valence-electron chi connectivity index (χ0n) is 49.0. The highest BCUT2D eigenvalue weighted by atomic mass is 16.7. The van der Waals surface area contributed by atoms with E-state index >= 15 is 0 Å². The van der Waals surface area contributed by atoms with Gasteiger partial charge < -0.3 is 65.1 Å². The van der Waals surface area contributed by atoms with Gasteiger partial charge in [0.05, 0.1) is 32.0 Å². The van der Waals surface area contributed by atoms with Crippen molar-refractivity contribution < 1.29 is 64.6 Å². The maximum absolute atomic E-state index is 13.2. The number of unbranched alkanes of at least 4 members (excludes halogenated alkanes) is 37. The Hall–Kier alpha value is -1.53. The zero-order valence-corrected chi connectivity index (χ0v) is 49.0. The van der Waals surface area contributed by atoms with Crippen LogP contribution in [0.15, 0.2) is 24.3 Å². The molecule has 77 heavy (non-hydrogen) atoms. The minimum Gasteiger partial charge on any atom is -0.394 e. The molecule has 2 fully saturated rings. The highest BCUT2D eigenvalue weighted by Gasteiger charge is 2.51. The molecule has 0 aromatic rings. The van der Waals surface area contributed by atoms with Gasteiger partial charge in [-0.25, -0.2) is 0 Å². The first-order valence-electron chi connectivity index (χ1n) is 32.1. The van der Waals surface area contributed by atoms with Gasteiger partial charge in [0, 0.05) is 6.42 Å². The Balaban J connectivity index is 1.51. The zero-order chi connectivity index (χ0) is 56.0. The summed E-state index contributed by atoms with van der Waals surface area (Å²) in [6, 6.07) is -0.925. The Morgan fingerprint density at radius 2 is 0.831 bits per heavy atom. The quantitative estimate of drug-likeness (QED) is 0.0204. The number of carbonyl (C=O) groups is 1. The third-order valence-corrected chi connectivity index (χ3v) is 15.9. The molecule has 1 amide bonds. The van der Waals surface area contributed by atoms with Gasteiger partial charge in [0.25, 0.3) is 0 Å². The number of rotatable bonds is 52. The molecule has 12 unspecified atom stereocenters. The molecule has 0 saturated carbocycles. The molecule has 2 saturated heterocycles. The van der Waals surface area contributed by atoms with E-state index < -0.39 is 86.8 Å². The van der Waals surface area contributed by atoms with Crippen LogP contribution in [0.3, 0.4) is 0 Å². The number of hydrogen-bond acceptors (Lipinski definition) is 13. The van der Waals surface area contributed by atoms with Crippen LogP contribution >= 0.6 is 0 Å². The summed E-state index contributed by atoms with van der Waals surface area (Å²) in [5.74, 6) is -0.249. The highest BCUT2D eigenvalue weighted by molar-refractivity contribution is 5.76. The fraction of sp³-hybridized carbons (Fsp3) is 0.921. The lowest BCUT2D eigenvalue weighted by molar-refractivity contribution is -0.359. The standard InChI is InChI=1S/C63H119NO13/c1-3-5-7-9-11-12-13-14-15-16-17-18-19-20-21-22-23-24-25-26-27-28-29-30-31-32-33-34-35-36-37-38-39-41-43-45-47-55(68)64-51(52(67)46-44-42-40-10-8-6-4-2)50-74-62-60(73)58(71)61(54(49-66)76-62)77-63-59(72)57(70)56(69)53(48-65)75-63/h8,10,44,46,51-54,56-63,65-67,69-73H,3-7,9,11-43,45,47-50H2,1-2H3,(H,64,68)/b10-8+,46-44+. The molecule has 0 aromatic carbocycles. The third kappa shape index (κ3) is 34.5. The van der Waals surface area contributed by atoms with Crippen LogP contribution in [0.5, 0.6) is 0 Å². The van der Waals surface area contributed by atoms with Gasteiger partial charge in [-0.2, -0.15) is 0 Å². The van der Waals surface area contributed by atoms with E-state index in [1.165, 1.54) is 205 Å². The van der Waals surface area contributed by atoms with Crippen LogP contribution < -0.4 is 5.32 Å². The maximum atomic E-state index is 13.2. The molecule has 9 N–H and O–H groups in total. The summed E-state index contributed by atoms with van der Waals surface area (Å²) < 4.78 is 22.6. The number of allylic oxidation sites excluding steroid dienone is 3. The molecule has 2 aliphatic rings. The normalized spacial score (nSPS) is 24.8. The summed E-state index contributed by atoms with van der Waals surface area (Å²) in [5, 5.41) is 86.6. The van der Waals surface area contributed by atoms with Crippen molar-refractivity contribution in [1.29, 1.82) is 0 Å². The Bertz CT molecular complexity index is 1390. The number of aliphatic hydroxyl groups excluding tert-OH is 8. The lowest BCUT2D eigenvalue weighted by Crippen LogP contribution is -2.65. The van der Waals surface area contributed by atoms with Crippen LogP contribution in [0.2, 0.25) is 0 Å². The van der Waals surface area contributed by atoms with Crippen molar-refractivity contribution in [3.63, 3.8) is 0 Å². The summed E-state index contributed by atoms with van der Waals surface area (Å²) >= 11 is 0. The lowest BCUT2D eigenvalue weighted by atomic mass is 9.97. The van der Waals surface area contributed by atoms with Crippen molar-refractivity contribution in [1.82, 2.24) is 5.32 Å². The lowest BCUT2D eigenvalue weighted by Gasteiger charge is -2.46. The second-order valence-corrected chi connectivity index (χ2v) is 22.9. The van der Waals surface area contributed by atoms with Gasteiger partial charge in [-0.1, -0.05) is 269 Å². The van der Waals surface area contributed by atoms with E-state index in [2.05, 4.69) is 31.3 Å². The fourth-order valence-electron chi connectivity index (χ4n) is 10.7. The first kappa shape index (κ1) is 71.6. The smallest absolute Gasteiger partial charge is 0.220 e. The molecule has 0 spiro atoms. The van der Waals surface area contributed by atoms with E-state index in [1.807, 2.05) is 6.08 Å². The molecule has 0 aliphatic carbocycles. The van der Waals surface area contributed by atoms with Crippen LogP contribution in [0.4, 0.5) is 0 Å². The van der Waals surface area contributed by atoms with Crippen molar-refractivity contribution in [2.45, 2.75) is 351 Å². The van der Waals surface area contributed by atoms with Gasteiger partial charge in [-0.3, -0.25) is 4.79 Å². The van der Waals surface area contributed by atoms with Crippen LogP contribution in [-0.2, 0) is 23.7 Å². The minimum absolute atomic E-state index is 0.249. The molecule has 14 heteroatoms. The second-order valence-electron chi connectivity index (χ2n) is 22.9. The summed E-state index contributed by atoms with van der Waals surface area (Å²) in [6.45, 7) is 2.68. The van der Waals surface area contributed by atoms with Gasteiger partial charge in [-0.15, -0.1) is 0 Å². The number of carbonyl (C=O) groups excluding carboxylic acids is 1. The van der Waals surface area contributed by atoms with Gasteiger partial charge in [0.1, 0.15) is 48.8 Å². The van der Waals surface area contributed by atoms with Crippen LogP contribution in [-0.4, -0.2) is 140 Å². The van der Waals surface area contributed by atoms with Gasteiger partial charge in [-0.05, 0) is 25.7 Å². The van der Waals surface area contributed by atoms with Gasteiger partial charge >= 0.3 is 0 Å². The molecule has 2 rings (SSSR count). The van der Waals surface area contributed by atoms with Crippen LogP contribution in [0.1, 0.15) is 277 Å². The van der Waals surface area contributed by atoms with Gasteiger partial charge in [0.2, 0.25) is 5.91 Å². The van der Waals surface area contributed by atoms with E-state index in [4.69, 9.17) is 18.9 Å². The highest BCUT2D eigenvalue weighted by Crippen LogP contribution is 2.30. The number of amides is 1. The molecule has 12 atom stereocenters. The molecule has 2 aliphatic heterocycles. The van der Waals surface area contributed by atoms with Crippen molar-refractivity contribution in [3.8, 4) is 0 Å². The summed E-state index contributed by atoms with van der Waals surface area (Å²) in [6.07, 6.45) is 43.3. The molecular formula is C63H119NO13. The first-order valence-corrected chi connectivity index (χ1v) is 32.1. The van der Waals surface area contributed by atoms with Crippen LogP contribution in [0, 0.1) is 0 Å². The van der Waals surface area contributed by atoms with E-state index in [0.29, 0.717) is 12.8 Å². The fourth-order valence-corrected chi connectivity index (χ4v) is 10.7. The maximum Gasteiger partial charge on any atom is 0.220 e. The Labute approximate surface area is 468 Å². The average Bonchev–Trinajstić information content (AvgIpc) is 3.44. The van der Waals surface area contributed by atoms with Crippen LogP contribution in [0.25, 0.3) is 0 Å². The molecule has 14 nitrogen and oxygen atoms in total. The number of aliphatic hydroxyl groups is 8. The molecule has 2 heterocycles. The van der Waals surface area contributed by atoms with E-state index in [0.717, 1.165) is 38.5 Å². The molecular weight excluding hydrogens is 979 g/mol. The summed E-state index contributed by atoms with van der Waals surface area (Å²) in [4.78, 5) is 13.2. The SMILES string of the molecule is CCC/C=C/CC/C=C/C(O)C(COC1OC(CO)C(OC2OC(CO)C(O)C(O)C2O)C(O)C1O)NC(=O)CCCCCCCCCCCCCCCCCCCCCCCCCCCCCCCCCCCCCC. The number of nitrogens with one attached hydrogen (secondary N) is 1. The Morgan fingerprint density at radius 1 is 0.455 bits per heavy atom. The average molecular weight is 1100 g/mol. The third-order valence-electron chi connectivity index (χ3n) is 15.9. The topological polar surface area (TPSA) is 228 Å². The van der Waals surface area contributed by atoms with Crippen molar-refractivity contribution >= 4 is 5.91 Å². The van der Waals surface area contributed by atoms with E-state index in [9.17, 15) is 45.6 Å². The van der Waals surface area contributed by atoms with Crippen molar-refractivity contribution in [2.75, 3.05) is 19.8 Å². The predicted molar refractivity (Wildman–Crippen MR) is 309 cm³/mol. The number of hydrogen-bond donors (Lipinski definition) is 9. The largest absolute Gasteiger partial charge is 0.394 e. The van der Waals surface area contributed by atoms with E-state index in [-0.39, 0.29) is 18.9 Å². The molecule has 0 bridgehead atoms. The monoisotopic (exact) mass is 1100 g/mol. The Kier molecular flexibility index (Phi) is 45.7. The van der Waals surface area contributed by atoms with E-state index in [1.54, 1.807) is 6.08 Å². The summed E-state index contributed by atoms with van der Waals surface area (Å²) in [5.41, 5.74) is 0. The minimum atomic E-state index is -1.79. The molecule has 454 valence electrons. The Morgan fingerprint density at radius 3 is 1.25 bits per heavy atom. The molecule has 0 radical (unpaired) electrons. The first-order chi connectivity index (χ1) is 37.6. The molecule has 0 aromatic heterocycles. The summed E-state index contributed by atoms with van der Waals surface area (Å²) in [7, 11) is 0. The second kappa shape index (κ2) is 49.1. The number of ether oxygens (including phenoxy) is 4. The van der Waals surface area contributed by atoms with Gasteiger partial charge in [0.15, 0.2) is 12.6 Å². The van der Waals surface area contributed by atoms with Crippen molar-refractivity contribution in [2.24, 2.45) is 0 Å².